The van der Waals surface area contributed by atoms with Crippen LogP contribution in [0, 0.1) is 0 Å². The fourth-order valence-electron chi connectivity index (χ4n) is 1.83. The summed E-state index contributed by atoms with van der Waals surface area (Å²) >= 11 is 0. The van der Waals surface area contributed by atoms with E-state index in [0.29, 0.717) is 6.61 Å². The molecule has 1 aromatic heterocycles. The first-order valence-electron chi connectivity index (χ1n) is 6.96. The molecule has 0 saturated heterocycles. The van der Waals surface area contributed by atoms with E-state index in [0.717, 1.165) is 30.9 Å². The normalized spacial score (nSPS) is 10.8. The fourth-order valence-corrected chi connectivity index (χ4v) is 1.83. The molecule has 0 fully saturated rings. The number of hydrogen-bond donors (Lipinski definition) is 0. The van der Waals surface area contributed by atoms with Gasteiger partial charge in [0.15, 0.2) is 11.5 Å². The van der Waals surface area contributed by atoms with Crippen molar-refractivity contribution in [3.63, 3.8) is 0 Å². The molecule has 1 heterocycles. The zero-order valence-corrected chi connectivity index (χ0v) is 12.0. The van der Waals surface area contributed by atoms with Gasteiger partial charge in [-0.25, -0.2) is 4.98 Å². The number of hydrogen-bond acceptors (Lipinski definition) is 4. The van der Waals surface area contributed by atoms with Crippen LogP contribution >= 0.6 is 0 Å². The number of unbranched alkanes of at least 4 members (excludes halogenated alkanes) is 1. The molecule has 0 N–H and O–H groups in total. The molecule has 2 rings (SSSR count). The molecule has 0 spiro atoms. The van der Waals surface area contributed by atoms with Crippen molar-refractivity contribution < 1.29 is 9.47 Å². The predicted octanol–water partition coefficient (Wildman–Crippen LogP) is 2.92. The summed E-state index contributed by atoms with van der Waals surface area (Å²) in [6.45, 7) is 5.56. The van der Waals surface area contributed by atoms with Crippen molar-refractivity contribution in [3.05, 3.63) is 36.9 Å². The van der Waals surface area contributed by atoms with Crippen molar-refractivity contribution in [3.8, 4) is 11.5 Å². The third kappa shape index (κ3) is 4.57. The van der Waals surface area contributed by atoms with Crippen LogP contribution in [0.1, 0.15) is 26.7 Å². The third-order valence-corrected chi connectivity index (χ3v) is 2.72. The van der Waals surface area contributed by atoms with Crippen LogP contribution in [0.5, 0.6) is 11.5 Å². The van der Waals surface area contributed by atoms with Crippen LogP contribution < -0.4 is 9.47 Å². The minimum atomic E-state index is 0.145. The first-order valence-corrected chi connectivity index (χ1v) is 6.96. The van der Waals surface area contributed by atoms with Crippen LogP contribution in [0.4, 0.5) is 0 Å². The van der Waals surface area contributed by atoms with Crippen molar-refractivity contribution in [2.75, 3.05) is 6.61 Å². The molecular formula is C15H21N3O2. The second-order valence-corrected chi connectivity index (χ2v) is 4.83. The summed E-state index contributed by atoms with van der Waals surface area (Å²) in [5, 5.41) is 4.06. The average Bonchev–Trinajstić information content (AvgIpc) is 2.93. The topological polar surface area (TPSA) is 49.2 Å². The molecule has 0 unspecified atom stereocenters. The lowest BCUT2D eigenvalue weighted by Crippen LogP contribution is -2.08. The minimum Gasteiger partial charge on any atom is -0.490 e. The summed E-state index contributed by atoms with van der Waals surface area (Å²) in [6.07, 6.45) is 5.40. The van der Waals surface area contributed by atoms with E-state index in [1.807, 2.05) is 42.8 Å². The van der Waals surface area contributed by atoms with Crippen LogP contribution in [-0.2, 0) is 6.54 Å². The average molecular weight is 275 g/mol. The van der Waals surface area contributed by atoms with E-state index in [1.165, 1.54) is 0 Å². The maximum Gasteiger partial charge on any atom is 0.161 e. The molecule has 0 aliphatic rings. The molecule has 0 radical (unpaired) electrons. The first kappa shape index (κ1) is 14.4. The van der Waals surface area contributed by atoms with E-state index in [2.05, 4.69) is 10.1 Å². The van der Waals surface area contributed by atoms with Crippen molar-refractivity contribution in [2.45, 2.75) is 39.3 Å². The highest BCUT2D eigenvalue weighted by Gasteiger charge is 2.05. The number of aryl methyl sites for hydroxylation is 1. The van der Waals surface area contributed by atoms with Crippen molar-refractivity contribution in [1.82, 2.24) is 14.8 Å². The van der Waals surface area contributed by atoms with E-state index in [4.69, 9.17) is 9.47 Å². The Kier molecular flexibility index (Phi) is 5.41. The van der Waals surface area contributed by atoms with Gasteiger partial charge in [0.05, 0.1) is 12.7 Å². The van der Waals surface area contributed by atoms with Gasteiger partial charge in [0, 0.05) is 6.54 Å². The van der Waals surface area contributed by atoms with Gasteiger partial charge in [-0.2, -0.15) is 5.10 Å². The Bertz CT molecular complexity index is 498. The monoisotopic (exact) mass is 275 g/mol. The molecule has 0 aliphatic heterocycles. The third-order valence-electron chi connectivity index (χ3n) is 2.72. The number of para-hydroxylation sites is 2. The quantitative estimate of drug-likeness (QED) is 0.695. The van der Waals surface area contributed by atoms with E-state index in [-0.39, 0.29) is 6.10 Å². The second kappa shape index (κ2) is 7.53. The Balaban J connectivity index is 1.73. The van der Waals surface area contributed by atoms with Gasteiger partial charge in [0.25, 0.3) is 0 Å². The Morgan fingerprint density at radius 2 is 1.95 bits per heavy atom. The lowest BCUT2D eigenvalue weighted by atomic mass is 10.3. The van der Waals surface area contributed by atoms with Crippen LogP contribution in [0.3, 0.4) is 0 Å². The maximum atomic E-state index is 5.79. The molecule has 20 heavy (non-hydrogen) atoms. The molecule has 0 bridgehead atoms. The van der Waals surface area contributed by atoms with Crippen LogP contribution in [0.25, 0.3) is 0 Å². The van der Waals surface area contributed by atoms with E-state index in [9.17, 15) is 0 Å². The molecular weight excluding hydrogens is 254 g/mol. The molecule has 0 saturated carbocycles. The number of rotatable bonds is 8. The van der Waals surface area contributed by atoms with E-state index < -0.39 is 0 Å². The van der Waals surface area contributed by atoms with Gasteiger partial charge in [-0.1, -0.05) is 12.1 Å². The highest BCUT2D eigenvalue weighted by Crippen LogP contribution is 2.27. The largest absolute Gasteiger partial charge is 0.490 e. The maximum absolute atomic E-state index is 5.79. The Morgan fingerprint density at radius 1 is 1.15 bits per heavy atom. The Hall–Kier alpha value is -2.04. The zero-order chi connectivity index (χ0) is 14.2. The number of ether oxygens (including phenoxy) is 2. The highest BCUT2D eigenvalue weighted by atomic mass is 16.5. The molecule has 0 atom stereocenters. The SMILES string of the molecule is CC(C)Oc1ccccc1OCCCCn1cncn1. The van der Waals surface area contributed by atoms with Crippen molar-refractivity contribution >= 4 is 0 Å². The predicted molar refractivity (Wildman–Crippen MR) is 77.0 cm³/mol. The van der Waals surface area contributed by atoms with Gasteiger partial charge in [0.1, 0.15) is 12.7 Å². The molecule has 108 valence electrons. The van der Waals surface area contributed by atoms with E-state index >= 15 is 0 Å². The molecule has 1 aromatic carbocycles. The summed E-state index contributed by atoms with van der Waals surface area (Å²) in [6, 6.07) is 7.78. The summed E-state index contributed by atoms with van der Waals surface area (Å²) in [7, 11) is 0. The summed E-state index contributed by atoms with van der Waals surface area (Å²) in [5.74, 6) is 1.61. The smallest absolute Gasteiger partial charge is 0.161 e. The first-order chi connectivity index (χ1) is 9.75. The molecule has 0 amide bonds. The van der Waals surface area contributed by atoms with Gasteiger partial charge in [-0.15, -0.1) is 0 Å². The lowest BCUT2D eigenvalue weighted by Gasteiger charge is -2.14. The van der Waals surface area contributed by atoms with Crippen molar-refractivity contribution in [1.29, 1.82) is 0 Å². The fraction of sp³-hybridized carbons (Fsp3) is 0.467. The Morgan fingerprint density at radius 3 is 2.65 bits per heavy atom. The zero-order valence-electron chi connectivity index (χ0n) is 12.0. The molecule has 5 heteroatoms. The van der Waals surface area contributed by atoms with Gasteiger partial charge >= 0.3 is 0 Å². The van der Waals surface area contributed by atoms with Gasteiger partial charge in [-0.3, -0.25) is 4.68 Å². The van der Waals surface area contributed by atoms with E-state index in [1.54, 1.807) is 12.7 Å². The highest BCUT2D eigenvalue weighted by molar-refractivity contribution is 5.39. The van der Waals surface area contributed by atoms with Gasteiger partial charge in [0.2, 0.25) is 0 Å². The summed E-state index contributed by atoms with van der Waals surface area (Å²) in [4.78, 5) is 3.91. The minimum absolute atomic E-state index is 0.145. The second-order valence-electron chi connectivity index (χ2n) is 4.83. The molecule has 5 nitrogen and oxygen atoms in total. The molecule has 2 aromatic rings. The summed E-state index contributed by atoms with van der Waals surface area (Å²) < 4.78 is 13.3. The Labute approximate surface area is 119 Å². The van der Waals surface area contributed by atoms with Gasteiger partial charge < -0.3 is 9.47 Å². The van der Waals surface area contributed by atoms with Crippen LogP contribution in [-0.4, -0.2) is 27.5 Å². The number of nitrogens with zero attached hydrogens (tertiary/aromatic N) is 3. The van der Waals surface area contributed by atoms with Crippen LogP contribution in [0.15, 0.2) is 36.9 Å². The number of aromatic nitrogens is 3. The van der Waals surface area contributed by atoms with Crippen LogP contribution in [0.2, 0.25) is 0 Å². The molecule has 0 aliphatic carbocycles. The van der Waals surface area contributed by atoms with Gasteiger partial charge in [-0.05, 0) is 38.8 Å². The summed E-state index contributed by atoms with van der Waals surface area (Å²) in [5.41, 5.74) is 0. The number of benzene rings is 1. The van der Waals surface area contributed by atoms with Crippen molar-refractivity contribution in [2.24, 2.45) is 0 Å². The standard InChI is InChI=1S/C15H21N3O2/c1-13(2)20-15-8-4-3-7-14(15)19-10-6-5-9-18-12-16-11-17-18/h3-4,7-8,11-13H,5-6,9-10H2,1-2H3. The lowest BCUT2D eigenvalue weighted by molar-refractivity contribution is 0.219.